The van der Waals surface area contributed by atoms with Crippen LogP contribution >= 0.6 is 23.5 Å². The summed E-state index contributed by atoms with van der Waals surface area (Å²) in [6, 6.07) is 7.67. The van der Waals surface area contributed by atoms with E-state index in [1.807, 2.05) is 24.1 Å². The van der Waals surface area contributed by atoms with Gasteiger partial charge in [0.25, 0.3) is 0 Å². The monoisotopic (exact) mass is 749 g/mol. The highest BCUT2D eigenvalue weighted by molar-refractivity contribution is 7.97. The lowest BCUT2D eigenvalue weighted by atomic mass is 9.33. The number of fused-ring (bicyclic) bond motifs is 7. The van der Waals surface area contributed by atoms with Gasteiger partial charge in [0.15, 0.2) is 0 Å². The Bertz CT molecular complexity index is 1520. The molecule has 5 nitrogen and oxygen atoms in total. The third-order valence-electron chi connectivity index (χ3n) is 16.9. The molecule has 5 fully saturated rings. The summed E-state index contributed by atoms with van der Waals surface area (Å²) in [5.41, 5.74) is 5.60. The van der Waals surface area contributed by atoms with Crippen LogP contribution in [0.25, 0.3) is 5.57 Å². The van der Waals surface area contributed by atoms with E-state index < -0.39 is 5.97 Å². The standard InChI is InChI=1S/C45H68ClN3O2S/c1-31(2)34-15-20-45(47-24-25-48-26-28-49(29-27-48)52-30-8-23-46)22-21-43(6)36(39(34)45)13-14-38-42(5)18-16-35(32-9-11-33(12-10-32)40(50)51)41(3,4)37(42)17-19-44(38,43)7/h9-12,16,34,36-39,47H,1,8,13-15,17-30H2,2-7H3,(H,50,51)/t34-,36+,37?,38?,39?,42-,43+,44+,45-/m0/s1. The van der Waals surface area contributed by atoms with Crippen molar-refractivity contribution < 1.29 is 9.90 Å². The van der Waals surface area contributed by atoms with Crippen molar-refractivity contribution in [2.24, 2.45) is 51.2 Å². The van der Waals surface area contributed by atoms with Gasteiger partial charge < -0.3 is 10.4 Å². The second-order valence-corrected chi connectivity index (χ2v) is 20.9. The molecular formula is C45H68ClN3O2S. The minimum atomic E-state index is -0.854. The minimum Gasteiger partial charge on any atom is -0.478 e. The van der Waals surface area contributed by atoms with Crippen LogP contribution < -0.4 is 5.32 Å². The molecule has 7 heteroatoms. The Morgan fingerprint density at radius 1 is 0.942 bits per heavy atom. The van der Waals surface area contributed by atoms with E-state index in [0.29, 0.717) is 40.1 Å². The van der Waals surface area contributed by atoms with E-state index in [1.165, 1.54) is 81.2 Å². The molecule has 5 aliphatic carbocycles. The molecule has 52 heavy (non-hydrogen) atoms. The number of piperazine rings is 1. The fourth-order valence-corrected chi connectivity index (χ4v) is 15.4. The van der Waals surface area contributed by atoms with E-state index in [0.717, 1.165) is 56.6 Å². The van der Waals surface area contributed by atoms with Gasteiger partial charge >= 0.3 is 5.97 Å². The van der Waals surface area contributed by atoms with Gasteiger partial charge in [0.05, 0.1) is 5.56 Å². The smallest absolute Gasteiger partial charge is 0.335 e. The molecule has 9 atom stereocenters. The number of rotatable bonds is 11. The van der Waals surface area contributed by atoms with Crippen molar-refractivity contribution >= 4 is 35.1 Å². The molecule has 0 radical (unpaired) electrons. The van der Waals surface area contributed by atoms with Gasteiger partial charge in [-0.15, -0.1) is 11.6 Å². The first kappa shape index (κ1) is 38.9. The van der Waals surface area contributed by atoms with E-state index in [1.54, 1.807) is 12.1 Å². The maximum atomic E-state index is 11.6. The molecule has 3 unspecified atom stereocenters. The molecule has 288 valence electrons. The van der Waals surface area contributed by atoms with E-state index in [-0.39, 0.29) is 16.4 Å². The summed E-state index contributed by atoms with van der Waals surface area (Å²) in [4.78, 5) is 14.3. The molecule has 0 bridgehead atoms. The predicted octanol–water partition coefficient (Wildman–Crippen LogP) is 10.3. The number of hydrogen-bond donors (Lipinski definition) is 2. The van der Waals surface area contributed by atoms with Crippen molar-refractivity contribution in [1.29, 1.82) is 0 Å². The molecule has 1 aromatic rings. The molecule has 2 N–H and O–H groups in total. The number of carboxylic acids is 1. The van der Waals surface area contributed by atoms with Gasteiger partial charge in [0.1, 0.15) is 0 Å². The van der Waals surface area contributed by atoms with Crippen LogP contribution in [0.15, 0.2) is 42.5 Å². The van der Waals surface area contributed by atoms with Crippen LogP contribution in [0.5, 0.6) is 0 Å². The average Bonchev–Trinajstić information content (AvgIpc) is 3.49. The highest BCUT2D eigenvalue weighted by Gasteiger charge is 2.70. The molecule has 7 rings (SSSR count). The fourth-order valence-electron chi connectivity index (χ4n) is 14.1. The summed E-state index contributed by atoms with van der Waals surface area (Å²) in [6.45, 7) is 27.1. The Morgan fingerprint density at radius 2 is 1.67 bits per heavy atom. The van der Waals surface area contributed by atoms with Crippen LogP contribution in [0.4, 0.5) is 0 Å². The molecule has 1 aromatic carbocycles. The van der Waals surface area contributed by atoms with Crippen molar-refractivity contribution in [3.05, 3.63) is 53.6 Å². The molecule has 0 aromatic heterocycles. The number of hydrogen-bond acceptors (Lipinski definition) is 5. The van der Waals surface area contributed by atoms with Gasteiger partial charge in [-0.25, -0.2) is 9.10 Å². The number of benzene rings is 1. The number of carbonyl (C=O) groups is 1. The number of nitrogens with one attached hydrogen (secondary N) is 1. The van der Waals surface area contributed by atoms with E-state index in [2.05, 4.69) is 68.7 Å². The molecule has 1 saturated heterocycles. The van der Waals surface area contributed by atoms with Crippen LogP contribution in [-0.2, 0) is 0 Å². The summed E-state index contributed by atoms with van der Waals surface area (Å²) in [5, 5.41) is 13.9. The third kappa shape index (κ3) is 6.39. The first-order chi connectivity index (χ1) is 24.7. The SMILES string of the molecule is C=C(C)[C@@H]1CC[C@]2(NCCN3CCN(SCCCCl)CC3)CC[C@]3(C)[C@H](CCC4[C@@]5(C)CC=C(c6ccc(C(=O)O)cc6)C(C)(C)C5CC[C@]43C)C12. The summed E-state index contributed by atoms with van der Waals surface area (Å²) < 4.78 is 2.55. The van der Waals surface area contributed by atoms with Crippen LogP contribution in [0.1, 0.15) is 122 Å². The highest BCUT2D eigenvalue weighted by Crippen LogP contribution is 2.76. The van der Waals surface area contributed by atoms with Gasteiger partial charge in [-0.05, 0) is 146 Å². The number of halogens is 1. The predicted molar refractivity (Wildman–Crippen MR) is 220 cm³/mol. The van der Waals surface area contributed by atoms with Gasteiger partial charge in [0, 0.05) is 56.4 Å². The third-order valence-corrected chi connectivity index (χ3v) is 18.3. The number of aromatic carboxylic acids is 1. The number of allylic oxidation sites excluding steroid dienone is 3. The maximum Gasteiger partial charge on any atom is 0.335 e. The van der Waals surface area contributed by atoms with E-state index >= 15 is 0 Å². The van der Waals surface area contributed by atoms with Crippen LogP contribution in [0, 0.1) is 51.2 Å². The second kappa shape index (κ2) is 14.6. The summed E-state index contributed by atoms with van der Waals surface area (Å²) >= 11 is 7.90. The highest BCUT2D eigenvalue weighted by atomic mass is 35.5. The van der Waals surface area contributed by atoms with Crippen LogP contribution in [0.2, 0.25) is 0 Å². The zero-order chi connectivity index (χ0) is 37.1. The second-order valence-electron chi connectivity index (χ2n) is 19.3. The topological polar surface area (TPSA) is 55.8 Å². The number of carboxylic acid groups (broad SMARTS) is 1. The molecule has 0 spiro atoms. The van der Waals surface area contributed by atoms with Crippen LogP contribution in [-0.4, -0.2) is 76.7 Å². The molecule has 1 aliphatic heterocycles. The van der Waals surface area contributed by atoms with Crippen molar-refractivity contribution in [2.45, 2.75) is 111 Å². The molecular weight excluding hydrogens is 682 g/mol. The fraction of sp³-hybridized carbons (Fsp3) is 0.756. The van der Waals surface area contributed by atoms with Crippen molar-refractivity contribution in [3.63, 3.8) is 0 Å². The first-order valence-electron chi connectivity index (χ1n) is 20.8. The minimum absolute atomic E-state index is 0.0364. The molecule has 4 saturated carbocycles. The summed E-state index contributed by atoms with van der Waals surface area (Å²) in [7, 11) is 0. The molecule has 1 heterocycles. The Labute approximate surface area is 325 Å². The Morgan fingerprint density at radius 3 is 2.35 bits per heavy atom. The van der Waals surface area contributed by atoms with E-state index in [4.69, 9.17) is 11.6 Å². The number of alkyl halides is 1. The summed E-state index contributed by atoms with van der Waals surface area (Å²) in [6.07, 6.45) is 15.3. The van der Waals surface area contributed by atoms with Crippen molar-refractivity contribution in [1.82, 2.24) is 14.5 Å². The van der Waals surface area contributed by atoms with E-state index in [9.17, 15) is 9.90 Å². The Balaban J connectivity index is 1.09. The normalized spacial score (nSPS) is 40.2. The molecule has 0 amide bonds. The zero-order valence-corrected chi connectivity index (χ0v) is 34.8. The van der Waals surface area contributed by atoms with Gasteiger partial charge in [-0.2, -0.15) is 0 Å². The van der Waals surface area contributed by atoms with Crippen molar-refractivity contribution in [3.8, 4) is 0 Å². The van der Waals surface area contributed by atoms with Gasteiger partial charge in [-0.3, -0.25) is 4.90 Å². The van der Waals surface area contributed by atoms with Crippen molar-refractivity contribution in [2.75, 3.05) is 50.9 Å². The lowest BCUT2D eigenvalue weighted by Crippen LogP contribution is -2.68. The lowest BCUT2D eigenvalue weighted by molar-refractivity contribution is -0.219. The number of nitrogens with zero attached hydrogens (tertiary/aromatic N) is 2. The zero-order valence-electron chi connectivity index (χ0n) is 33.2. The lowest BCUT2D eigenvalue weighted by Gasteiger charge is -2.72. The largest absolute Gasteiger partial charge is 0.478 e. The van der Waals surface area contributed by atoms with Crippen LogP contribution in [0.3, 0.4) is 0 Å². The summed E-state index contributed by atoms with van der Waals surface area (Å²) in [5.74, 6) is 4.43. The first-order valence-corrected chi connectivity index (χ1v) is 22.3. The quantitative estimate of drug-likeness (QED) is 0.102. The van der Waals surface area contributed by atoms with Gasteiger partial charge in [-0.1, -0.05) is 76.9 Å². The molecule has 6 aliphatic rings. The average molecular weight is 751 g/mol. The maximum absolute atomic E-state index is 11.6. The Kier molecular flexibility index (Phi) is 11.0. The Hall–Kier alpha value is -1.31. The van der Waals surface area contributed by atoms with Gasteiger partial charge in [0.2, 0.25) is 0 Å².